The molecule has 30 heavy (non-hydrogen) atoms. The highest BCUT2D eigenvalue weighted by atomic mass is 35.5. The van der Waals surface area contributed by atoms with Crippen LogP contribution in [0.25, 0.3) is 0 Å². The Morgan fingerprint density at radius 3 is 2.10 bits per heavy atom. The molecule has 0 saturated heterocycles. The van der Waals surface area contributed by atoms with Gasteiger partial charge in [0.2, 0.25) is 11.8 Å². The fourth-order valence-electron chi connectivity index (χ4n) is 3.10. The highest BCUT2D eigenvalue weighted by Gasteiger charge is 2.21. The van der Waals surface area contributed by atoms with Crippen molar-refractivity contribution < 1.29 is 14.4 Å². The Hall–Kier alpha value is -2.86. The molecule has 1 atom stereocenters. The fourth-order valence-corrected chi connectivity index (χ4v) is 3.23. The molecule has 0 radical (unpaired) electrons. The first-order valence-electron chi connectivity index (χ1n) is 9.82. The van der Waals surface area contributed by atoms with Crippen LogP contribution in [0.5, 0.6) is 0 Å². The van der Waals surface area contributed by atoms with Crippen LogP contribution in [0.15, 0.2) is 48.5 Å². The lowest BCUT2D eigenvalue weighted by Gasteiger charge is -2.25. The van der Waals surface area contributed by atoms with Gasteiger partial charge < -0.3 is 15.1 Å². The van der Waals surface area contributed by atoms with Gasteiger partial charge in [-0.2, -0.15) is 0 Å². The van der Waals surface area contributed by atoms with Crippen LogP contribution in [0.3, 0.4) is 0 Å². The number of carbonyl (C=O) groups is 3. The summed E-state index contributed by atoms with van der Waals surface area (Å²) < 4.78 is 0. The van der Waals surface area contributed by atoms with Crippen molar-refractivity contribution in [3.8, 4) is 0 Å². The summed E-state index contributed by atoms with van der Waals surface area (Å²) in [5.41, 5.74) is 2.36. The molecule has 0 aromatic heterocycles. The molecule has 2 aromatic carbocycles. The Kier molecular flexibility index (Phi) is 8.42. The summed E-state index contributed by atoms with van der Waals surface area (Å²) in [7, 11) is 3.42. The summed E-state index contributed by atoms with van der Waals surface area (Å²) in [6.45, 7) is 4.31. The highest BCUT2D eigenvalue weighted by molar-refractivity contribution is 6.30. The molecule has 0 aliphatic carbocycles. The number of carbonyl (C=O) groups excluding carboxylic acids is 3. The first kappa shape index (κ1) is 23.4. The first-order valence-corrected chi connectivity index (χ1v) is 10.2. The summed E-state index contributed by atoms with van der Waals surface area (Å²) in [5.74, 6) is -0.335. The lowest BCUT2D eigenvalue weighted by molar-refractivity contribution is -0.132. The molecule has 2 rings (SSSR count). The molecule has 6 nitrogen and oxygen atoms in total. The molecular weight excluding hydrogens is 402 g/mol. The van der Waals surface area contributed by atoms with Gasteiger partial charge in [0.05, 0.1) is 12.5 Å². The Morgan fingerprint density at radius 2 is 1.60 bits per heavy atom. The monoisotopic (exact) mass is 429 g/mol. The fraction of sp³-hybridized carbons (Fsp3) is 0.348. The predicted octanol–water partition coefficient (Wildman–Crippen LogP) is 3.66. The number of halogens is 1. The van der Waals surface area contributed by atoms with Crippen LogP contribution in [-0.4, -0.2) is 48.2 Å². The third kappa shape index (κ3) is 6.59. The minimum absolute atomic E-state index is 0.0638. The second-order valence-electron chi connectivity index (χ2n) is 7.31. The van der Waals surface area contributed by atoms with Gasteiger partial charge in [0.15, 0.2) is 0 Å². The number of nitrogens with one attached hydrogen (secondary N) is 1. The third-order valence-electron chi connectivity index (χ3n) is 4.74. The van der Waals surface area contributed by atoms with Crippen molar-refractivity contribution in [1.82, 2.24) is 15.1 Å². The summed E-state index contributed by atoms with van der Waals surface area (Å²) >= 11 is 5.95. The van der Waals surface area contributed by atoms with Crippen LogP contribution in [0.4, 0.5) is 0 Å². The quantitative estimate of drug-likeness (QED) is 0.696. The van der Waals surface area contributed by atoms with E-state index < -0.39 is 6.04 Å². The number of hydrogen-bond acceptors (Lipinski definition) is 3. The highest BCUT2D eigenvalue weighted by Crippen LogP contribution is 2.21. The number of rotatable bonds is 8. The number of nitrogens with zero attached hydrogens (tertiary/aromatic N) is 2. The third-order valence-corrected chi connectivity index (χ3v) is 5.00. The van der Waals surface area contributed by atoms with Gasteiger partial charge in [0, 0.05) is 44.7 Å². The van der Waals surface area contributed by atoms with Crippen molar-refractivity contribution in [2.24, 2.45) is 0 Å². The minimum Gasteiger partial charge on any atom is -0.349 e. The Bertz CT molecular complexity index is 880. The first-order chi connectivity index (χ1) is 14.2. The maximum atomic E-state index is 13.0. The minimum atomic E-state index is -0.429. The van der Waals surface area contributed by atoms with E-state index in [1.54, 1.807) is 43.3 Å². The maximum Gasteiger partial charge on any atom is 0.253 e. The molecule has 1 unspecified atom stereocenters. The maximum absolute atomic E-state index is 13.0. The molecule has 1 N–H and O–H groups in total. The molecule has 0 aliphatic rings. The van der Waals surface area contributed by atoms with E-state index in [1.165, 1.54) is 11.8 Å². The van der Waals surface area contributed by atoms with Crippen LogP contribution >= 0.6 is 11.6 Å². The van der Waals surface area contributed by atoms with E-state index in [9.17, 15) is 14.4 Å². The van der Waals surface area contributed by atoms with E-state index in [4.69, 9.17) is 11.6 Å². The normalized spacial score (nSPS) is 11.5. The van der Waals surface area contributed by atoms with Gasteiger partial charge >= 0.3 is 0 Å². The molecule has 2 aromatic rings. The molecule has 0 heterocycles. The zero-order chi connectivity index (χ0) is 22.3. The topological polar surface area (TPSA) is 69.7 Å². The second kappa shape index (κ2) is 10.8. The van der Waals surface area contributed by atoms with Gasteiger partial charge in [0.1, 0.15) is 0 Å². The summed E-state index contributed by atoms with van der Waals surface area (Å²) in [6.07, 6.45) is 0.145. The number of benzene rings is 2. The van der Waals surface area contributed by atoms with Crippen molar-refractivity contribution in [2.75, 3.05) is 20.6 Å². The zero-order valence-electron chi connectivity index (χ0n) is 17.8. The van der Waals surface area contributed by atoms with Gasteiger partial charge in [-0.25, -0.2) is 0 Å². The predicted molar refractivity (Wildman–Crippen MR) is 118 cm³/mol. The van der Waals surface area contributed by atoms with Crippen LogP contribution in [0, 0.1) is 0 Å². The van der Waals surface area contributed by atoms with Crippen LogP contribution in [-0.2, 0) is 16.1 Å². The van der Waals surface area contributed by atoms with Gasteiger partial charge in [-0.05, 0) is 42.3 Å². The lowest BCUT2D eigenvalue weighted by atomic mass is 10.0. The largest absolute Gasteiger partial charge is 0.349 e. The van der Waals surface area contributed by atoms with Crippen molar-refractivity contribution in [3.05, 3.63) is 70.2 Å². The lowest BCUT2D eigenvalue weighted by Crippen LogP contribution is -2.35. The van der Waals surface area contributed by atoms with Crippen molar-refractivity contribution in [2.45, 2.75) is 32.9 Å². The molecule has 3 amide bonds. The molecule has 0 fully saturated rings. The van der Waals surface area contributed by atoms with E-state index in [1.807, 2.05) is 31.2 Å². The number of amides is 3. The van der Waals surface area contributed by atoms with Crippen LogP contribution in [0.2, 0.25) is 5.02 Å². The Balaban J connectivity index is 2.10. The van der Waals surface area contributed by atoms with Gasteiger partial charge in [-0.3, -0.25) is 14.4 Å². The van der Waals surface area contributed by atoms with E-state index in [0.717, 1.165) is 11.1 Å². The molecule has 0 aliphatic heterocycles. The summed E-state index contributed by atoms with van der Waals surface area (Å²) in [5, 5.41) is 3.44. The second-order valence-corrected chi connectivity index (χ2v) is 7.75. The molecule has 0 bridgehead atoms. The van der Waals surface area contributed by atoms with Crippen LogP contribution in [0.1, 0.15) is 47.8 Å². The standard InChI is InChI=1S/C23H28ClN3O3/c1-5-27(15-17-6-8-19(9-7-17)23(30)26(3)4)22(29)14-21(25-16(2)28)18-10-12-20(24)13-11-18/h6-13,21H,5,14-15H2,1-4H3,(H,25,28). The van der Waals surface area contributed by atoms with Gasteiger partial charge in [-0.1, -0.05) is 35.9 Å². The number of hydrogen-bond donors (Lipinski definition) is 1. The summed E-state index contributed by atoms with van der Waals surface area (Å²) in [6, 6.07) is 13.9. The summed E-state index contributed by atoms with van der Waals surface area (Å²) in [4.78, 5) is 39.9. The van der Waals surface area contributed by atoms with Crippen molar-refractivity contribution in [1.29, 1.82) is 0 Å². The molecular formula is C23H28ClN3O3. The average molecular weight is 430 g/mol. The zero-order valence-corrected chi connectivity index (χ0v) is 18.6. The van der Waals surface area contributed by atoms with E-state index >= 15 is 0 Å². The smallest absolute Gasteiger partial charge is 0.253 e. The van der Waals surface area contributed by atoms with Crippen molar-refractivity contribution >= 4 is 29.3 Å². The average Bonchev–Trinajstić information content (AvgIpc) is 2.71. The molecule has 0 saturated carbocycles. The van der Waals surface area contributed by atoms with Crippen molar-refractivity contribution in [3.63, 3.8) is 0 Å². The van der Waals surface area contributed by atoms with E-state index in [2.05, 4.69) is 5.32 Å². The van der Waals surface area contributed by atoms with Crippen LogP contribution < -0.4 is 5.32 Å². The Morgan fingerprint density at radius 1 is 1.00 bits per heavy atom. The van der Waals surface area contributed by atoms with E-state index in [0.29, 0.717) is 23.7 Å². The molecule has 0 spiro atoms. The van der Waals surface area contributed by atoms with E-state index in [-0.39, 0.29) is 24.1 Å². The van der Waals surface area contributed by atoms with Gasteiger partial charge in [-0.15, -0.1) is 0 Å². The Labute approximate surface area is 182 Å². The molecule has 160 valence electrons. The van der Waals surface area contributed by atoms with Gasteiger partial charge in [0.25, 0.3) is 5.91 Å². The SMILES string of the molecule is CCN(Cc1ccc(C(=O)N(C)C)cc1)C(=O)CC(NC(C)=O)c1ccc(Cl)cc1. The molecule has 7 heteroatoms.